The van der Waals surface area contributed by atoms with E-state index in [1.165, 1.54) is 0 Å². The first-order chi connectivity index (χ1) is 10.2. The largest absolute Gasteiger partial charge is 0.459 e. The number of rotatable bonds is 4. The Balaban J connectivity index is 2.15. The van der Waals surface area contributed by atoms with Crippen LogP contribution in [-0.2, 0) is 0 Å². The van der Waals surface area contributed by atoms with Crippen molar-refractivity contribution < 1.29 is 4.42 Å². The molecule has 0 amide bonds. The van der Waals surface area contributed by atoms with Crippen LogP contribution in [0.4, 0.5) is 0 Å². The van der Waals surface area contributed by atoms with Gasteiger partial charge in [-0.3, -0.25) is 0 Å². The fraction of sp³-hybridized carbons (Fsp3) is 0.286. The Kier molecular flexibility index (Phi) is 4.17. The molecule has 0 aliphatic rings. The van der Waals surface area contributed by atoms with Gasteiger partial charge >= 0.3 is 0 Å². The molecule has 4 nitrogen and oxygen atoms in total. The molecule has 7 heteroatoms. The van der Waals surface area contributed by atoms with Gasteiger partial charge in [0.25, 0.3) is 0 Å². The van der Waals surface area contributed by atoms with Crippen molar-refractivity contribution >= 4 is 46.0 Å². The molecule has 3 aromatic rings. The van der Waals surface area contributed by atoms with E-state index in [0.717, 1.165) is 29.5 Å². The van der Waals surface area contributed by atoms with Crippen LogP contribution in [0.3, 0.4) is 0 Å². The summed E-state index contributed by atoms with van der Waals surface area (Å²) in [5.74, 6) is 1.55. The van der Waals surface area contributed by atoms with Crippen molar-refractivity contribution in [3.05, 3.63) is 34.0 Å². The molecule has 0 aliphatic heterocycles. The predicted molar refractivity (Wildman–Crippen MR) is 87.2 cm³/mol. The summed E-state index contributed by atoms with van der Waals surface area (Å²) >= 11 is 13.6. The Hall–Kier alpha value is -1.14. The van der Waals surface area contributed by atoms with E-state index in [-0.39, 0.29) is 6.04 Å². The number of benzene rings is 1. The molecule has 1 aromatic carbocycles. The first-order valence-corrected chi connectivity index (χ1v) is 8.02. The molecule has 1 unspecified atom stereocenters. The highest BCUT2D eigenvalue weighted by Crippen LogP contribution is 2.39. The van der Waals surface area contributed by atoms with Crippen molar-refractivity contribution in [1.82, 2.24) is 14.1 Å². The lowest BCUT2D eigenvalue weighted by Crippen LogP contribution is -2.14. The molecule has 0 aliphatic carbocycles. The molecule has 0 saturated carbocycles. The van der Waals surface area contributed by atoms with Gasteiger partial charge in [-0.25, -0.2) is 0 Å². The highest BCUT2D eigenvalue weighted by molar-refractivity contribution is 7.00. The Morgan fingerprint density at radius 1 is 1.24 bits per heavy atom. The SMILES string of the molecule is CCC(NC)c1ccc(-c2c(Cl)cc(Cl)c3nsnc23)o1. The highest BCUT2D eigenvalue weighted by Gasteiger charge is 2.19. The maximum Gasteiger partial charge on any atom is 0.138 e. The van der Waals surface area contributed by atoms with Gasteiger partial charge in [0.1, 0.15) is 22.6 Å². The van der Waals surface area contributed by atoms with Crippen molar-refractivity contribution in [3.8, 4) is 11.3 Å². The first-order valence-electron chi connectivity index (χ1n) is 6.53. The zero-order valence-electron chi connectivity index (χ0n) is 11.5. The average molecular weight is 342 g/mol. The minimum atomic E-state index is 0.175. The number of nitrogens with zero attached hydrogens (tertiary/aromatic N) is 2. The number of furan rings is 1. The van der Waals surface area contributed by atoms with Gasteiger partial charge in [0, 0.05) is 0 Å². The topological polar surface area (TPSA) is 51.0 Å². The Labute approximate surface area is 136 Å². The van der Waals surface area contributed by atoms with E-state index in [0.29, 0.717) is 26.8 Å². The van der Waals surface area contributed by atoms with Crippen molar-refractivity contribution in [2.24, 2.45) is 0 Å². The normalized spacial score (nSPS) is 13.0. The van der Waals surface area contributed by atoms with Gasteiger partial charge in [-0.05, 0) is 31.7 Å². The van der Waals surface area contributed by atoms with E-state index in [9.17, 15) is 0 Å². The van der Waals surface area contributed by atoms with Gasteiger partial charge in [-0.1, -0.05) is 30.1 Å². The summed E-state index contributed by atoms with van der Waals surface area (Å²) in [6.45, 7) is 2.10. The number of hydrogen-bond acceptors (Lipinski definition) is 5. The number of hydrogen-bond donors (Lipinski definition) is 1. The third kappa shape index (κ3) is 2.55. The molecule has 0 fully saturated rings. The van der Waals surface area contributed by atoms with Crippen LogP contribution in [0.15, 0.2) is 22.6 Å². The average Bonchev–Trinajstić information content (AvgIpc) is 3.10. The second kappa shape index (κ2) is 5.93. The molecule has 0 saturated heterocycles. The molecule has 2 aromatic heterocycles. The van der Waals surface area contributed by atoms with Gasteiger partial charge in [0.05, 0.1) is 33.4 Å². The Bertz CT molecular complexity index is 780. The molecular weight excluding hydrogens is 329 g/mol. The van der Waals surface area contributed by atoms with E-state index in [1.54, 1.807) is 6.07 Å². The maximum absolute atomic E-state index is 6.33. The third-order valence-electron chi connectivity index (χ3n) is 3.42. The quantitative estimate of drug-likeness (QED) is 0.730. The molecule has 0 spiro atoms. The summed E-state index contributed by atoms with van der Waals surface area (Å²) in [5, 5.41) is 4.23. The van der Waals surface area contributed by atoms with Gasteiger partial charge in [-0.2, -0.15) is 8.75 Å². The highest BCUT2D eigenvalue weighted by atomic mass is 35.5. The molecule has 2 heterocycles. The predicted octanol–water partition coefficient (Wildman–Crippen LogP) is 4.93. The molecule has 21 heavy (non-hydrogen) atoms. The van der Waals surface area contributed by atoms with Crippen molar-refractivity contribution in [3.63, 3.8) is 0 Å². The molecule has 0 radical (unpaired) electrons. The van der Waals surface area contributed by atoms with Crippen LogP contribution < -0.4 is 5.32 Å². The summed E-state index contributed by atoms with van der Waals surface area (Å²) < 4.78 is 14.5. The minimum absolute atomic E-state index is 0.175. The Morgan fingerprint density at radius 3 is 2.71 bits per heavy atom. The summed E-state index contributed by atoms with van der Waals surface area (Å²) in [6, 6.07) is 5.72. The molecule has 0 bridgehead atoms. The fourth-order valence-electron chi connectivity index (χ4n) is 2.33. The van der Waals surface area contributed by atoms with Crippen LogP contribution >= 0.6 is 34.9 Å². The van der Waals surface area contributed by atoms with Gasteiger partial charge in [0.2, 0.25) is 0 Å². The summed E-state index contributed by atoms with van der Waals surface area (Å²) in [5.41, 5.74) is 2.07. The van der Waals surface area contributed by atoms with Crippen molar-refractivity contribution in [2.45, 2.75) is 19.4 Å². The van der Waals surface area contributed by atoms with E-state index in [1.807, 2.05) is 19.2 Å². The lowest BCUT2D eigenvalue weighted by atomic mass is 10.1. The van der Waals surface area contributed by atoms with Crippen LogP contribution in [0.5, 0.6) is 0 Å². The van der Waals surface area contributed by atoms with Crippen LogP contribution in [0, 0.1) is 0 Å². The van der Waals surface area contributed by atoms with Gasteiger partial charge in [-0.15, -0.1) is 0 Å². The zero-order chi connectivity index (χ0) is 15.0. The van der Waals surface area contributed by atoms with E-state index in [4.69, 9.17) is 27.6 Å². The summed E-state index contributed by atoms with van der Waals surface area (Å²) in [7, 11) is 1.91. The number of aromatic nitrogens is 2. The monoisotopic (exact) mass is 341 g/mol. The molecule has 3 rings (SSSR count). The van der Waals surface area contributed by atoms with Gasteiger partial charge in [0.15, 0.2) is 0 Å². The second-order valence-corrected chi connectivity index (χ2v) is 5.97. The Morgan fingerprint density at radius 2 is 2.00 bits per heavy atom. The van der Waals surface area contributed by atoms with Crippen LogP contribution in [0.1, 0.15) is 25.1 Å². The number of nitrogens with one attached hydrogen (secondary N) is 1. The van der Waals surface area contributed by atoms with Gasteiger partial charge < -0.3 is 9.73 Å². The molecular formula is C14H13Cl2N3OS. The maximum atomic E-state index is 6.33. The fourth-order valence-corrected chi connectivity index (χ4v) is 3.54. The third-order valence-corrected chi connectivity index (χ3v) is 4.53. The van der Waals surface area contributed by atoms with E-state index in [2.05, 4.69) is 21.0 Å². The standard InChI is InChI=1S/C14H13Cl2N3OS/c1-3-9(17-2)10-4-5-11(20-10)12-7(15)6-8(16)13-14(12)19-21-18-13/h4-6,9,17H,3H2,1-2H3. The van der Waals surface area contributed by atoms with Crippen molar-refractivity contribution in [2.75, 3.05) is 7.05 Å². The van der Waals surface area contributed by atoms with Crippen LogP contribution in [0.2, 0.25) is 10.0 Å². The molecule has 110 valence electrons. The first kappa shape index (κ1) is 14.8. The molecule has 1 atom stereocenters. The minimum Gasteiger partial charge on any atom is -0.459 e. The summed E-state index contributed by atoms with van der Waals surface area (Å²) in [4.78, 5) is 0. The molecule has 1 N–H and O–H groups in total. The van der Waals surface area contributed by atoms with E-state index >= 15 is 0 Å². The van der Waals surface area contributed by atoms with Crippen LogP contribution in [-0.4, -0.2) is 15.8 Å². The van der Waals surface area contributed by atoms with E-state index < -0.39 is 0 Å². The smallest absolute Gasteiger partial charge is 0.138 e. The zero-order valence-corrected chi connectivity index (χ0v) is 13.8. The number of halogens is 2. The lowest BCUT2D eigenvalue weighted by molar-refractivity contribution is 0.431. The number of fused-ring (bicyclic) bond motifs is 1. The van der Waals surface area contributed by atoms with Crippen LogP contribution in [0.25, 0.3) is 22.4 Å². The summed E-state index contributed by atoms with van der Waals surface area (Å²) in [6.07, 6.45) is 0.936. The lowest BCUT2D eigenvalue weighted by Gasteiger charge is -2.10. The second-order valence-electron chi connectivity index (χ2n) is 4.63. The van der Waals surface area contributed by atoms with Crippen molar-refractivity contribution in [1.29, 1.82) is 0 Å².